The molecule has 2 heteroatoms. The zero-order valence-corrected chi connectivity index (χ0v) is 8.43. The van der Waals surface area contributed by atoms with Crippen LogP contribution in [0.4, 0.5) is 0 Å². The molecule has 0 aliphatic carbocycles. The van der Waals surface area contributed by atoms with Gasteiger partial charge in [0, 0.05) is 11.2 Å². The summed E-state index contributed by atoms with van der Waals surface area (Å²) >= 11 is 9.01. The number of hydrogen-bond acceptors (Lipinski definition) is 0. The molecule has 0 saturated carbocycles. The van der Waals surface area contributed by atoms with Crippen LogP contribution in [0.2, 0.25) is 0 Å². The van der Waals surface area contributed by atoms with E-state index in [1.807, 2.05) is 0 Å². The van der Waals surface area contributed by atoms with Crippen LogP contribution in [0.1, 0.15) is 26.7 Å². The van der Waals surface area contributed by atoms with Gasteiger partial charge in [-0.25, -0.2) is 0 Å². The normalized spacial score (nSPS) is 12.0. The van der Waals surface area contributed by atoms with Crippen molar-refractivity contribution >= 4 is 27.5 Å². The van der Waals surface area contributed by atoms with Gasteiger partial charge in [-0.3, -0.25) is 0 Å². The molecule has 0 amide bonds. The van der Waals surface area contributed by atoms with Gasteiger partial charge < -0.3 is 0 Å². The van der Waals surface area contributed by atoms with E-state index < -0.39 is 0 Å². The lowest BCUT2D eigenvalue weighted by Crippen LogP contribution is -2.12. The van der Waals surface area contributed by atoms with Crippen molar-refractivity contribution in [1.82, 2.24) is 0 Å². The molecule has 0 aliphatic rings. The Morgan fingerprint density at radius 1 is 1.44 bits per heavy atom. The highest BCUT2D eigenvalue weighted by Crippen LogP contribution is 2.24. The molecule has 0 saturated heterocycles. The Morgan fingerprint density at radius 3 is 2.33 bits per heavy atom. The molecular weight excluding hydrogens is 199 g/mol. The van der Waals surface area contributed by atoms with Crippen LogP contribution in [0.3, 0.4) is 0 Å². The van der Waals surface area contributed by atoms with Gasteiger partial charge in [0.25, 0.3) is 0 Å². The number of rotatable bonds is 4. The molecule has 0 aromatic carbocycles. The number of alkyl halides is 2. The van der Waals surface area contributed by atoms with Gasteiger partial charge in [0.2, 0.25) is 0 Å². The van der Waals surface area contributed by atoms with Gasteiger partial charge in [-0.15, -0.1) is 11.6 Å². The predicted molar refractivity (Wildman–Crippen MR) is 47.5 cm³/mol. The monoisotopic (exact) mass is 212 g/mol. The van der Waals surface area contributed by atoms with Gasteiger partial charge in [-0.1, -0.05) is 29.8 Å². The Hall–Kier alpha value is 0.770. The molecule has 0 radical (unpaired) electrons. The van der Waals surface area contributed by atoms with Crippen LogP contribution in [-0.4, -0.2) is 11.2 Å². The van der Waals surface area contributed by atoms with E-state index in [0.717, 1.165) is 17.6 Å². The first kappa shape index (κ1) is 9.77. The summed E-state index contributed by atoms with van der Waals surface area (Å²) < 4.78 is 0. The Morgan fingerprint density at radius 2 is 2.00 bits per heavy atom. The SMILES string of the molecule is CC(C)(CBr)CCCCl. The fourth-order valence-electron chi connectivity index (χ4n) is 0.612. The van der Waals surface area contributed by atoms with Crippen molar-refractivity contribution in [3.63, 3.8) is 0 Å². The van der Waals surface area contributed by atoms with Crippen LogP contribution >= 0.6 is 27.5 Å². The van der Waals surface area contributed by atoms with Crippen LogP contribution in [0.5, 0.6) is 0 Å². The molecule has 0 aliphatic heterocycles. The van der Waals surface area contributed by atoms with Crippen molar-refractivity contribution in [2.75, 3.05) is 11.2 Å². The zero-order valence-electron chi connectivity index (χ0n) is 6.08. The maximum atomic E-state index is 5.55. The molecular formula is C7H14BrCl. The highest BCUT2D eigenvalue weighted by Gasteiger charge is 2.14. The van der Waals surface area contributed by atoms with E-state index in [9.17, 15) is 0 Å². The quantitative estimate of drug-likeness (QED) is 0.628. The van der Waals surface area contributed by atoms with E-state index in [1.54, 1.807) is 0 Å². The third-order valence-electron chi connectivity index (χ3n) is 1.35. The lowest BCUT2D eigenvalue weighted by molar-refractivity contribution is 0.386. The minimum atomic E-state index is 0.425. The third-order valence-corrected chi connectivity index (χ3v) is 3.13. The fourth-order valence-corrected chi connectivity index (χ4v) is 1.03. The van der Waals surface area contributed by atoms with Crippen molar-refractivity contribution in [3.05, 3.63) is 0 Å². The summed E-state index contributed by atoms with van der Waals surface area (Å²) in [5, 5.41) is 1.07. The molecule has 0 fully saturated rings. The molecule has 0 unspecified atom stereocenters. The lowest BCUT2D eigenvalue weighted by Gasteiger charge is -2.20. The van der Waals surface area contributed by atoms with E-state index >= 15 is 0 Å². The molecule has 0 rings (SSSR count). The first-order chi connectivity index (χ1) is 4.12. The van der Waals surface area contributed by atoms with Gasteiger partial charge in [-0.2, -0.15) is 0 Å². The molecule has 56 valence electrons. The molecule has 0 aromatic heterocycles. The molecule has 9 heavy (non-hydrogen) atoms. The molecule has 0 aromatic rings. The van der Waals surface area contributed by atoms with Crippen molar-refractivity contribution in [3.8, 4) is 0 Å². The Bertz CT molecular complexity index is 71.3. The summed E-state index contributed by atoms with van der Waals surface area (Å²) in [6, 6.07) is 0. The highest BCUT2D eigenvalue weighted by molar-refractivity contribution is 9.09. The van der Waals surface area contributed by atoms with E-state index in [4.69, 9.17) is 11.6 Å². The van der Waals surface area contributed by atoms with Gasteiger partial charge in [0.05, 0.1) is 0 Å². The van der Waals surface area contributed by atoms with E-state index in [0.29, 0.717) is 5.41 Å². The second-order valence-electron chi connectivity index (χ2n) is 3.09. The van der Waals surface area contributed by atoms with Crippen LogP contribution in [0, 0.1) is 5.41 Å². The second kappa shape index (κ2) is 4.56. The van der Waals surface area contributed by atoms with Crippen LogP contribution in [0.25, 0.3) is 0 Å². The summed E-state index contributed by atoms with van der Waals surface area (Å²) in [5.74, 6) is 0.788. The number of halogens is 2. The molecule has 0 N–H and O–H groups in total. The van der Waals surface area contributed by atoms with Gasteiger partial charge in [-0.05, 0) is 18.3 Å². The van der Waals surface area contributed by atoms with Crippen molar-refractivity contribution < 1.29 is 0 Å². The zero-order chi connectivity index (χ0) is 7.33. The average Bonchev–Trinajstić information content (AvgIpc) is 1.84. The van der Waals surface area contributed by atoms with E-state index in [-0.39, 0.29) is 0 Å². The Kier molecular flexibility index (Phi) is 4.96. The first-order valence-corrected chi connectivity index (χ1v) is 4.90. The fraction of sp³-hybridized carbons (Fsp3) is 1.00. The van der Waals surface area contributed by atoms with Crippen LogP contribution in [0.15, 0.2) is 0 Å². The lowest BCUT2D eigenvalue weighted by atomic mass is 9.91. The largest absolute Gasteiger partial charge is 0.127 e. The molecule has 0 bridgehead atoms. The minimum Gasteiger partial charge on any atom is -0.127 e. The summed E-state index contributed by atoms with van der Waals surface area (Å²) in [7, 11) is 0. The van der Waals surface area contributed by atoms with E-state index in [2.05, 4.69) is 29.8 Å². The highest BCUT2D eigenvalue weighted by atomic mass is 79.9. The van der Waals surface area contributed by atoms with Gasteiger partial charge >= 0.3 is 0 Å². The topological polar surface area (TPSA) is 0 Å². The molecule has 0 atom stereocenters. The van der Waals surface area contributed by atoms with Crippen molar-refractivity contribution in [2.24, 2.45) is 5.41 Å². The van der Waals surface area contributed by atoms with E-state index in [1.165, 1.54) is 6.42 Å². The van der Waals surface area contributed by atoms with Crippen LogP contribution < -0.4 is 0 Å². The third kappa shape index (κ3) is 5.23. The van der Waals surface area contributed by atoms with Gasteiger partial charge in [0.15, 0.2) is 0 Å². The summed E-state index contributed by atoms with van der Waals surface area (Å²) in [6.45, 7) is 4.49. The van der Waals surface area contributed by atoms with Crippen LogP contribution in [-0.2, 0) is 0 Å². The Labute approximate surface area is 71.1 Å². The maximum absolute atomic E-state index is 5.55. The standard InChI is InChI=1S/C7H14BrCl/c1-7(2,6-8)4-3-5-9/h3-6H2,1-2H3. The molecule has 0 nitrogen and oxygen atoms in total. The summed E-state index contributed by atoms with van der Waals surface area (Å²) in [4.78, 5) is 0. The first-order valence-electron chi connectivity index (χ1n) is 3.24. The predicted octanol–water partition coefficient (Wildman–Crippen LogP) is 3.43. The second-order valence-corrected chi connectivity index (χ2v) is 4.03. The Balaban J connectivity index is 3.33. The number of hydrogen-bond donors (Lipinski definition) is 0. The van der Waals surface area contributed by atoms with Crippen molar-refractivity contribution in [2.45, 2.75) is 26.7 Å². The molecule has 0 heterocycles. The average molecular weight is 214 g/mol. The summed E-state index contributed by atoms with van der Waals surface area (Å²) in [6.07, 6.45) is 2.34. The minimum absolute atomic E-state index is 0.425. The van der Waals surface area contributed by atoms with Crippen molar-refractivity contribution in [1.29, 1.82) is 0 Å². The summed E-state index contributed by atoms with van der Waals surface area (Å²) in [5.41, 5.74) is 0.425. The molecule has 0 spiro atoms. The smallest absolute Gasteiger partial charge is 0.0223 e. The van der Waals surface area contributed by atoms with Gasteiger partial charge in [0.1, 0.15) is 0 Å². The maximum Gasteiger partial charge on any atom is 0.0223 e.